The number of carboxylic acids is 1. The van der Waals surface area contributed by atoms with E-state index in [9.17, 15) is 9.59 Å². The molecule has 0 aliphatic heterocycles. The summed E-state index contributed by atoms with van der Waals surface area (Å²) in [7, 11) is 0. The molecule has 0 radical (unpaired) electrons. The Kier molecular flexibility index (Phi) is 4.87. The van der Waals surface area contributed by atoms with Crippen molar-refractivity contribution in [3.8, 4) is 0 Å². The molecule has 6 nitrogen and oxygen atoms in total. The number of aromatic nitrogens is 1. The van der Waals surface area contributed by atoms with Crippen LogP contribution in [0.15, 0.2) is 48.8 Å². The van der Waals surface area contributed by atoms with E-state index in [0.717, 1.165) is 5.56 Å². The first-order valence-electron chi connectivity index (χ1n) is 6.42. The molecule has 6 heteroatoms. The minimum absolute atomic E-state index is 0.179. The zero-order valence-corrected chi connectivity index (χ0v) is 11.2. The molecule has 0 saturated heterocycles. The number of hydrogen-bond acceptors (Lipinski definition) is 3. The minimum atomic E-state index is -0.997. The number of carbonyl (C=O) groups excluding carboxylic acids is 1. The summed E-state index contributed by atoms with van der Waals surface area (Å²) < 4.78 is 0. The quantitative estimate of drug-likeness (QED) is 0.785. The summed E-state index contributed by atoms with van der Waals surface area (Å²) in [5, 5.41) is 14.1. The van der Waals surface area contributed by atoms with Crippen LogP contribution in [0.1, 0.15) is 15.9 Å². The SMILES string of the molecule is O=C(NCCc1ccncc1)Nc1ccc(C(=O)O)cc1. The van der Waals surface area contributed by atoms with E-state index >= 15 is 0 Å². The first-order valence-corrected chi connectivity index (χ1v) is 6.42. The number of benzene rings is 1. The molecule has 0 spiro atoms. The molecule has 0 aliphatic rings. The molecule has 0 bridgehead atoms. The average molecular weight is 285 g/mol. The highest BCUT2D eigenvalue weighted by atomic mass is 16.4. The van der Waals surface area contributed by atoms with E-state index in [1.165, 1.54) is 12.1 Å². The van der Waals surface area contributed by atoms with Crippen LogP contribution in [0.4, 0.5) is 10.5 Å². The van der Waals surface area contributed by atoms with Gasteiger partial charge in [-0.3, -0.25) is 4.98 Å². The lowest BCUT2D eigenvalue weighted by molar-refractivity contribution is 0.0697. The van der Waals surface area contributed by atoms with E-state index in [2.05, 4.69) is 15.6 Å². The van der Waals surface area contributed by atoms with Crippen LogP contribution in [0.3, 0.4) is 0 Å². The minimum Gasteiger partial charge on any atom is -0.478 e. The molecule has 0 unspecified atom stereocenters. The predicted molar refractivity (Wildman–Crippen MR) is 78.4 cm³/mol. The molecule has 0 saturated carbocycles. The third-order valence-electron chi connectivity index (χ3n) is 2.84. The van der Waals surface area contributed by atoms with Crippen molar-refractivity contribution in [2.24, 2.45) is 0 Å². The second-order valence-electron chi connectivity index (χ2n) is 4.37. The van der Waals surface area contributed by atoms with Gasteiger partial charge in [0.15, 0.2) is 0 Å². The van der Waals surface area contributed by atoms with E-state index in [1.54, 1.807) is 24.5 Å². The van der Waals surface area contributed by atoms with Gasteiger partial charge in [0.2, 0.25) is 0 Å². The first-order chi connectivity index (χ1) is 10.1. The molecule has 1 aromatic heterocycles. The number of aromatic carboxylic acids is 1. The van der Waals surface area contributed by atoms with Crippen LogP contribution in [0, 0.1) is 0 Å². The van der Waals surface area contributed by atoms with Crippen molar-refractivity contribution in [2.75, 3.05) is 11.9 Å². The number of anilines is 1. The summed E-state index contributed by atoms with van der Waals surface area (Å²) in [5.74, 6) is -0.997. The van der Waals surface area contributed by atoms with Crippen LogP contribution in [-0.4, -0.2) is 28.6 Å². The molecule has 1 heterocycles. The van der Waals surface area contributed by atoms with Gasteiger partial charge >= 0.3 is 12.0 Å². The van der Waals surface area contributed by atoms with Crippen molar-refractivity contribution in [3.63, 3.8) is 0 Å². The Balaban J connectivity index is 1.78. The van der Waals surface area contributed by atoms with Crippen LogP contribution in [0.25, 0.3) is 0 Å². The lowest BCUT2D eigenvalue weighted by Crippen LogP contribution is -2.30. The summed E-state index contributed by atoms with van der Waals surface area (Å²) in [5.41, 5.74) is 1.82. The van der Waals surface area contributed by atoms with Gasteiger partial charge in [0, 0.05) is 24.6 Å². The lowest BCUT2D eigenvalue weighted by atomic mass is 10.2. The number of amides is 2. The Labute approximate surface area is 121 Å². The predicted octanol–water partition coefficient (Wildman–Crippen LogP) is 2.14. The maximum absolute atomic E-state index is 11.7. The largest absolute Gasteiger partial charge is 0.478 e. The van der Waals surface area contributed by atoms with E-state index in [-0.39, 0.29) is 11.6 Å². The standard InChI is InChI=1S/C15H15N3O3/c19-14(20)12-1-3-13(4-2-12)18-15(21)17-10-7-11-5-8-16-9-6-11/h1-6,8-9H,7,10H2,(H,19,20)(H2,17,18,21). The Bertz CT molecular complexity index is 612. The van der Waals surface area contributed by atoms with Crippen LogP contribution >= 0.6 is 0 Å². The fourth-order valence-electron chi connectivity index (χ4n) is 1.74. The highest BCUT2D eigenvalue weighted by Crippen LogP contribution is 2.09. The van der Waals surface area contributed by atoms with Gasteiger partial charge in [-0.2, -0.15) is 0 Å². The zero-order valence-electron chi connectivity index (χ0n) is 11.2. The van der Waals surface area contributed by atoms with E-state index in [4.69, 9.17) is 5.11 Å². The van der Waals surface area contributed by atoms with Crippen LogP contribution in [0.2, 0.25) is 0 Å². The van der Waals surface area contributed by atoms with Gasteiger partial charge in [0.25, 0.3) is 0 Å². The highest BCUT2D eigenvalue weighted by molar-refractivity contribution is 5.91. The van der Waals surface area contributed by atoms with E-state index < -0.39 is 5.97 Å². The monoisotopic (exact) mass is 285 g/mol. The van der Waals surface area contributed by atoms with Crippen molar-refractivity contribution in [1.29, 1.82) is 0 Å². The molecule has 0 fully saturated rings. The van der Waals surface area contributed by atoms with E-state index in [0.29, 0.717) is 18.7 Å². The van der Waals surface area contributed by atoms with Crippen molar-refractivity contribution < 1.29 is 14.7 Å². The Morgan fingerprint density at radius 1 is 1.05 bits per heavy atom. The number of urea groups is 1. The summed E-state index contributed by atoms with van der Waals surface area (Å²) in [6, 6.07) is 9.43. The molecule has 2 aromatic rings. The number of hydrogen-bond donors (Lipinski definition) is 3. The van der Waals surface area contributed by atoms with Gasteiger partial charge < -0.3 is 15.7 Å². The van der Waals surface area contributed by atoms with Gasteiger partial charge in [0.05, 0.1) is 5.56 Å². The van der Waals surface area contributed by atoms with E-state index in [1.807, 2.05) is 12.1 Å². The molecule has 3 N–H and O–H groups in total. The van der Waals surface area contributed by atoms with Gasteiger partial charge in [-0.1, -0.05) is 0 Å². The molecule has 2 rings (SSSR count). The molecular formula is C15H15N3O3. The van der Waals surface area contributed by atoms with Crippen molar-refractivity contribution >= 4 is 17.7 Å². The highest BCUT2D eigenvalue weighted by Gasteiger charge is 2.04. The first kappa shape index (κ1) is 14.5. The Morgan fingerprint density at radius 3 is 2.33 bits per heavy atom. The van der Waals surface area contributed by atoms with Gasteiger partial charge in [0.1, 0.15) is 0 Å². The maximum Gasteiger partial charge on any atom is 0.335 e. The molecule has 0 atom stereocenters. The van der Waals surface area contributed by atoms with Crippen LogP contribution in [-0.2, 0) is 6.42 Å². The maximum atomic E-state index is 11.7. The second-order valence-corrected chi connectivity index (χ2v) is 4.37. The smallest absolute Gasteiger partial charge is 0.335 e. The molecule has 2 amide bonds. The van der Waals surface area contributed by atoms with Crippen LogP contribution < -0.4 is 10.6 Å². The third kappa shape index (κ3) is 4.61. The average Bonchev–Trinajstić information content (AvgIpc) is 2.49. The number of pyridine rings is 1. The van der Waals surface area contributed by atoms with Gasteiger partial charge in [-0.05, 0) is 48.4 Å². The Morgan fingerprint density at radius 2 is 1.71 bits per heavy atom. The zero-order chi connectivity index (χ0) is 15.1. The number of nitrogens with one attached hydrogen (secondary N) is 2. The van der Waals surface area contributed by atoms with Crippen molar-refractivity contribution in [2.45, 2.75) is 6.42 Å². The summed E-state index contributed by atoms with van der Waals surface area (Å²) in [6.07, 6.45) is 4.13. The van der Waals surface area contributed by atoms with Crippen LogP contribution in [0.5, 0.6) is 0 Å². The molecule has 1 aromatic carbocycles. The fourth-order valence-corrected chi connectivity index (χ4v) is 1.74. The molecule has 0 aliphatic carbocycles. The number of carbonyl (C=O) groups is 2. The summed E-state index contributed by atoms with van der Waals surface area (Å²) in [6.45, 7) is 0.503. The fraction of sp³-hybridized carbons (Fsp3) is 0.133. The summed E-state index contributed by atoms with van der Waals surface area (Å²) >= 11 is 0. The van der Waals surface area contributed by atoms with Gasteiger partial charge in [-0.15, -0.1) is 0 Å². The number of rotatable bonds is 5. The molecule has 108 valence electrons. The molecule has 21 heavy (non-hydrogen) atoms. The second kappa shape index (κ2) is 7.04. The van der Waals surface area contributed by atoms with Crippen molar-refractivity contribution in [1.82, 2.24) is 10.3 Å². The molecular weight excluding hydrogens is 270 g/mol. The number of carboxylic acid groups (broad SMARTS) is 1. The topological polar surface area (TPSA) is 91.3 Å². The lowest BCUT2D eigenvalue weighted by Gasteiger charge is -2.07. The van der Waals surface area contributed by atoms with Crippen molar-refractivity contribution in [3.05, 3.63) is 59.9 Å². The van der Waals surface area contributed by atoms with Gasteiger partial charge in [-0.25, -0.2) is 9.59 Å². The number of nitrogens with zero attached hydrogens (tertiary/aromatic N) is 1. The third-order valence-corrected chi connectivity index (χ3v) is 2.84. The Hall–Kier alpha value is -2.89. The normalized spacial score (nSPS) is 9.90. The summed E-state index contributed by atoms with van der Waals surface area (Å²) in [4.78, 5) is 26.3.